The molecule has 4 nitrogen and oxygen atoms in total. The van der Waals surface area contributed by atoms with Crippen LogP contribution in [-0.2, 0) is 9.59 Å². The predicted molar refractivity (Wildman–Crippen MR) is 82.2 cm³/mol. The number of amides is 1. The Kier molecular flexibility index (Phi) is 3.76. The van der Waals surface area contributed by atoms with Crippen molar-refractivity contribution in [2.24, 2.45) is 23.7 Å². The molecule has 1 amide bonds. The third kappa shape index (κ3) is 2.58. The fourth-order valence-corrected chi connectivity index (χ4v) is 3.82. The van der Waals surface area contributed by atoms with Gasteiger partial charge in [0.25, 0.3) is 0 Å². The topological polar surface area (TPSA) is 66.4 Å². The molecule has 0 aromatic heterocycles. The molecule has 2 unspecified atom stereocenters. The van der Waals surface area contributed by atoms with Gasteiger partial charge in [-0.15, -0.1) is 11.8 Å². The van der Waals surface area contributed by atoms with Crippen LogP contribution in [0.15, 0.2) is 41.3 Å². The van der Waals surface area contributed by atoms with Crippen LogP contribution in [0.3, 0.4) is 0 Å². The largest absolute Gasteiger partial charge is 0.481 e. The molecule has 2 aliphatic rings. The van der Waals surface area contributed by atoms with E-state index in [1.807, 2.05) is 42.7 Å². The van der Waals surface area contributed by atoms with Crippen LogP contribution >= 0.6 is 11.8 Å². The summed E-state index contributed by atoms with van der Waals surface area (Å²) < 4.78 is 0. The number of carboxylic acid groups (broad SMARTS) is 1. The number of nitrogens with one attached hydrogen (secondary N) is 1. The molecule has 0 heterocycles. The van der Waals surface area contributed by atoms with Gasteiger partial charge in [-0.25, -0.2) is 0 Å². The first kappa shape index (κ1) is 14.2. The van der Waals surface area contributed by atoms with Crippen molar-refractivity contribution in [3.05, 3.63) is 36.4 Å². The Labute approximate surface area is 127 Å². The molecule has 21 heavy (non-hydrogen) atoms. The second-order valence-corrected chi connectivity index (χ2v) is 6.44. The minimum absolute atomic E-state index is 0.00196. The van der Waals surface area contributed by atoms with E-state index in [1.165, 1.54) is 0 Å². The highest BCUT2D eigenvalue weighted by molar-refractivity contribution is 7.98. The molecule has 110 valence electrons. The number of benzene rings is 1. The van der Waals surface area contributed by atoms with E-state index in [9.17, 15) is 14.7 Å². The lowest BCUT2D eigenvalue weighted by molar-refractivity contribution is -0.146. The second-order valence-electron chi connectivity index (χ2n) is 5.56. The number of anilines is 1. The number of hydrogen-bond acceptors (Lipinski definition) is 3. The standard InChI is InChI=1S/C16H17NO3S/c1-21-12-6-4-11(5-7-12)17-15(18)13-9-2-3-10(8-9)14(13)16(19)20/h2-7,9-10,13-14H,8H2,1H3,(H,17,18)(H,19,20)/t9?,10?,13-,14+/m0/s1. The highest BCUT2D eigenvalue weighted by Gasteiger charge is 2.51. The zero-order valence-corrected chi connectivity index (χ0v) is 12.5. The highest BCUT2D eigenvalue weighted by Crippen LogP contribution is 2.48. The Morgan fingerprint density at radius 1 is 1.14 bits per heavy atom. The fraction of sp³-hybridized carbons (Fsp3) is 0.375. The molecule has 1 aromatic carbocycles. The number of rotatable bonds is 4. The molecule has 1 saturated carbocycles. The predicted octanol–water partition coefficient (Wildman–Crippen LogP) is 2.87. The van der Waals surface area contributed by atoms with Crippen LogP contribution in [0.5, 0.6) is 0 Å². The maximum atomic E-state index is 12.5. The van der Waals surface area contributed by atoms with Gasteiger partial charge < -0.3 is 10.4 Å². The van der Waals surface area contributed by atoms with Crippen molar-refractivity contribution < 1.29 is 14.7 Å². The third-order valence-electron chi connectivity index (χ3n) is 4.40. The van der Waals surface area contributed by atoms with Crippen molar-refractivity contribution in [2.45, 2.75) is 11.3 Å². The van der Waals surface area contributed by atoms with Crippen molar-refractivity contribution in [3.63, 3.8) is 0 Å². The van der Waals surface area contributed by atoms with E-state index >= 15 is 0 Å². The lowest BCUT2D eigenvalue weighted by atomic mass is 9.82. The summed E-state index contributed by atoms with van der Waals surface area (Å²) in [6.45, 7) is 0. The van der Waals surface area contributed by atoms with Crippen molar-refractivity contribution in [1.82, 2.24) is 0 Å². The summed E-state index contributed by atoms with van der Waals surface area (Å²) in [6.07, 6.45) is 6.71. The van der Waals surface area contributed by atoms with E-state index in [1.54, 1.807) is 11.8 Å². The molecule has 5 heteroatoms. The molecule has 0 saturated heterocycles. The van der Waals surface area contributed by atoms with Crippen molar-refractivity contribution >= 4 is 29.3 Å². The van der Waals surface area contributed by atoms with Gasteiger partial charge in [0.2, 0.25) is 5.91 Å². The molecule has 3 rings (SSSR count). The molecular weight excluding hydrogens is 286 g/mol. The lowest BCUT2D eigenvalue weighted by Gasteiger charge is -2.23. The third-order valence-corrected chi connectivity index (χ3v) is 5.15. The number of fused-ring (bicyclic) bond motifs is 2. The van der Waals surface area contributed by atoms with Crippen LogP contribution in [-0.4, -0.2) is 23.2 Å². The average Bonchev–Trinajstić information content (AvgIpc) is 3.08. The summed E-state index contributed by atoms with van der Waals surface area (Å²) in [4.78, 5) is 25.0. The van der Waals surface area contributed by atoms with E-state index in [-0.39, 0.29) is 17.7 Å². The van der Waals surface area contributed by atoms with Crippen LogP contribution in [0.25, 0.3) is 0 Å². The highest BCUT2D eigenvalue weighted by atomic mass is 32.2. The first-order chi connectivity index (χ1) is 10.1. The van der Waals surface area contributed by atoms with Gasteiger partial charge in [0.05, 0.1) is 11.8 Å². The summed E-state index contributed by atoms with van der Waals surface area (Å²) in [5.41, 5.74) is 0.716. The number of thioether (sulfide) groups is 1. The molecule has 1 aromatic rings. The first-order valence-corrected chi connectivity index (χ1v) is 8.18. The summed E-state index contributed by atoms with van der Waals surface area (Å²) in [5, 5.41) is 12.2. The Morgan fingerprint density at radius 2 is 1.76 bits per heavy atom. The Hall–Kier alpha value is -1.75. The summed E-state index contributed by atoms with van der Waals surface area (Å²) in [7, 11) is 0. The number of aliphatic carboxylic acids is 1. The molecule has 0 radical (unpaired) electrons. The summed E-state index contributed by atoms with van der Waals surface area (Å²) >= 11 is 1.64. The smallest absolute Gasteiger partial charge is 0.307 e. The molecule has 2 aliphatic carbocycles. The van der Waals surface area contributed by atoms with E-state index in [4.69, 9.17) is 0 Å². The molecular formula is C16H17NO3S. The van der Waals surface area contributed by atoms with Crippen molar-refractivity contribution in [2.75, 3.05) is 11.6 Å². The normalized spacial score (nSPS) is 29.6. The van der Waals surface area contributed by atoms with Gasteiger partial charge in [0.1, 0.15) is 0 Å². The molecule has 1 fully saturated rings. The monoisotopic (exact) mass is 303 g/mol. The Bertz CT molecular complexity index is 596. The number of carboxylic acids is 1. The van der Waals surface area contributed by atoms with Gasteiger partial charge in [0.15, 0.2) is 0 Å². The SMILES string of the molecule is CSc1ccc(NC(=O)[C@H]2C3C=CC(C3)[C@H]2C(=O)O)cc1. The van der Waals surface area contributed by atoms with E-state index < -0.39 is 17.8 Å². The molecule has 2 N–H and O–H groups in total. The number of allylic oxidation sites excluding steroid dienone is 2. The maximum absolute atomic E-state index is 12.5. The van der Waals surface area contributed by atoms with Crippen LogP contribution < -0.4 is 5.32 Å². The van der Waals surface area contributed by atoms with Gasteiger partial charge in [-0.1, -0.05) is 12.2 Å². The van der Waals surface area contributed by atoms with E-state index in [0.29, 0.717) is 5.69 Å². The van der Waals surface area contributed by atoms with Crippen molar-refractivity contribution in [1.29, 1.82) is 0 Å². The second kappa shape index (κ2) is 5.56. The molecule has 0 spiro atoms. The van der Waals surface area contributed by atoms with Crippen LogP contribution in [0.1, 0.15) is 6.42 Å². The minimum Gasteiger partial charge on any atom is -0.481 e. The van der Waals surface area contributed by atoms with Gasteiger partial charge in [-0.2, -0.15) is 0 Å². The van der Waals surface area contributed by atoms with E-state index in [0.717, 1.165) is 11.3 Å². The zero-order valence-electron chi connectivity index (χ0n) is 11.7. The summed E-state index contributed by atoms with van der Waals surface area (Å²) in [6, 6.07) is 7.58. The Balaban J connectivity index is 1.75. The number of carbonyl (C=O) groups excluding carboxylic acids is 1. The Morgan fingerprint density at radius 3 is 2.33 bits per heavy atom. The van der Waals surface area contributed by atoms with E-state index in [2.05, 4.69) is 5.32 Å². The van der Waals surface area contributed by atoms with Gasteiger partial charge in [0, 0.05) is 10.6 Å². The van der Waals surface area contributed by atoms with Crippen LogP contribution in [0.2, 0.25) is 0 Å². The van der Waals surface area contributed by atoms with Crippen molar-refractivity contribution in [3.8, 4) is 0 Å². The van der Waals surface area contributed by atoms with Gasteiger partial charge in [-0.05, 0) is 48.8 Å². The zero-order chi connectivity index (χ0) is 15.0. The van der Waals surface area contributed by atoms with Gasteiger partial charge >= 0.3 is 5.97 Å². The fourth-order valence-electron chi connectivity index (χ4n) is 3.42. The number of carbonyl (C=O) groups is 2. The maximum Gasteiger partial charge on any atom is 0.307 e. The minimum atomic E-state index is -0.871. The van der Waals surface area contributed by atoms with Gasteiger partial charge in [-0.3, -0.25) is 9.59 Å². The summed E-state index contributed by atoms with van der Waals surface area (Å²) in [5.74, 6) is -2.05. The average molecular weight is 303 g/mol. The van der Waals surface area contributed by atoms with Crippen LogP contribution in [0.4, 0.5) is 5.69 Å². The number of hydrogen-bond donors (Lipinski definition) is 2. The molecule has 0 aliphatic heterocycles. The first-order valence-electron chi connectivity index (χ1n) is 6.96. The molecule has 2 bridgehead atoms. The quantitative estimate of drug-likeness (QED) is 0.663. The lowest BCUT2D eigenvalue weighted by Crippen LogP contribution is -2.36. The molecule has 4 atom stereocenters. The van der Waals surface area contributed by atoms with Crippen LogP contribution in [0, 0.1) is 23.7 Å².